The third-order valence-electron chi connectivity index (χ3n) is 2.31. The maximum Gasteiger partial charge on any atom is 0.281 e. The molecule has 82 valence electrons. The first-order valence-corrected chi connectivity index (χ1v) is 6.05. The van der Waals surface area contributed by atoms with E-state index in [1.165, 1.54) is 15.5 Å². The van der Waals surface area contributed by atoms with Gasteiger partial charge in [0, 0.05) is 33.1 Å². The molecule has 0 radical (unpaired) electrons. The molecule has 0 aromatic carbocycles. The summed E-state index contributed by atoms with van der Waals surface area (Å²) in [5, 5.41) is 0. The van der Waals surface area contributed by atoms with Gasteiger partial charge in [0.15, 0.2) is 0 Å². The van der Waals surface area contributed by atoms with E-state index in [0.717, 1.165) is 6.42 Å². The molecule has 1 aliphatic heterocycles. The van der Waals surface area contributed by atoms with E-state index in [4.69, 9.17) is 0 Å². The Hall–Kier alpha value is -0.460. The van der Waals surface area contributed by atoms with Crippen LogP contribution in [0.2, 0.25) is 0 Å². The number of hydrogen-bond acceptors (Lipinski definition) is 3. The van der Waals surface area contributed by atoms with Gasteiger partial charge in [-0.1, -0.05) is 0 Å². The van der Waals surface area contributed by atoms with Gasteiger partial charge in [-0.3, -0.25) is 4.79 Å². The molecule has 14 heavy (non-hydrogen) atoms. The molecule has 0 aromatic heterocycles. The summed E-state index contributed by atoms with van der Waals surface area (Å²) in [6.07, 6.45) is 1.13. The highest BCUT2D eigenvalue weighted by Gasteiger charge is 2.30. The molecule has 0 saturated carbocycles. The highest BCUT2D eigenvalue weighted by Crippen LogP contribution is 2.14. The summed E-state index contributed by atoms with van der Waals surface area (Å²) in [5.41, 5.74) is 0. The fourth-order valence-corrected chi connectivity index (χ4v) is 2.84. The van der Waals surface area contributed by atoms with Crippen molar-refractivity contribution >= 4 is 16.0 Å². The quantitative estimate of drug-likeness (QED) is 0.664. The zero-order chi connectivity index (χ0) is 10.8. The lowest BCUT2D eigenvalue weighted by atomic mass is 10.3. The first-order chi connectivity index (χ1) is 6.44. The first kappa shape index (κ1) is 11.6. The number of nitrogens with zero attached hydrogens (tertiary/aromatic N) is 2. The van der Waals surface area contributed by atoms with Crippen LogP contribution >= 0.6 is 0 Å². The molecule has 0 aromatic rings. The van der Waals surface area contributed by atoms with Crippen molar-refractivity contribution in [2.24, 2.45) is 0 Å². The van der Waals surface area contributed by atoms with Gasteiger partial charge in [0.25, 0.3) is 10.2 Å². The molecule has 0 unspecified atom stereocenters. The summed E-state index contributed by atoms with van der Waals surface area (Å²) in [6.45, 7) is 2.88. The largest absolute Gasteiger partial charge is 0.300 e. The molecule has 0 amide bonds. The second-order valence-corrected chi connectivity index (χ2v) is 5.57. The average Bonchev–Trinajstić information content (AvgIpc) is 2.07. The topological polar surface area (TPSA) is 57.7 Å². The van der Waals surface area contributed by atoms with Crippen molar-refractivity contribution in [2.75, 3.05) is 26.7 Å². The van der Waals surface area contributed by atoms with Crippen LogP contribution in [0, 0.1) is 0 Å². The van der Waals surface area contributed by atoms with E-state index >= 15 is 0 Å². The van der Waals surface area contributed by atoms with E-state index in [1.807, 2.05) is 0 Å². The van der Waals surface area contributed by atoms with Gasteiger partial charge in [-0.25, -0.2) is 0 Å². The van der Waals surface area contributed by atoms with Crippen LogP contribution in [0.1, 0.15) is 19.8 Å². The number of ketones is 1. The molecule has 0 aliphatic carbocycles. The van der Waals surface area contributed by atoms with Crippen molar-refractivity contribution in [3.05, 3.63) is 0 Å². The fraction of sp³-hybridized carbons (Fsp3) is 0.875. The SMILES string of the molecule is CC(=O)CCN1CCCN(C)S1(=O)=O. The zero-order valence-corrected chi connectivity index (χ0v) is 9.38. The molecule has 1 rings (SSSR count). The highest BCUT2D eigenvalue weighted by molar-refractivity contribution is 7.86. The Morgan fingerprint density at radius 3 is 2.57 bits per heavy atom. The van der Waals surface area contributed by atoms with Crippen LogP contribution in [-0.2, 0) is 15.0 Å². The Kier molecular flexibility index (Phi) is 3.63. The van der Waals surface area contributed by atoms with Crippen molar-refractivity contribution in [3.8, 4) is 0 Å². The van der Waals surface area contributed by atoms with Gasteiger partial charge < -0.3 is 0 Å². The highest BCUT2D eigenvalue weighted by atomic mass is 32.2. The molecule has 0 bridgehead atoms. The molecule has 1 heterocycles. The predicted molar refractivity (Wildman–Crippen MR) is 53.0 cm³/mol. The maximum absolute atomic E-state index is 11.7. The third kappa shape index (κ3) is 2.52. The van der Waals surface area contributed by atoms with Crippen LogP contribution in [-0.4, -0.2) is 49.5 Å². The van der Waals surface area contributed by atoms with Gasteiger partial charge >= 0.3 is 0 Å². The first-order valence-electron chi connectivity index (χ1n) is 4.65. The van der Waals surface area contributed by atoms with E-state index in [1.54, 1.807) is 7.05 Å². The summed E-state index contributed by atoms with van der Waals surface area (Å²) in [6, 6.07) is 0. The lowest BCUT2D eigenvalue weighted by Crippen LogP contribution is -2.48. The van der Waals surface area contributed by atoms with Gasteiger partial charge in [0.2, 0.25) is 0 Å². The van der Waals surface area contributed by atoms with E-state index < -0.39 is 10.2 Å². The van der Waals surface area contributed by atoms with Gasteiger partial charge in [-0.15, -0.1) is 0 Å². The van der Waals surface area contributed by atoms with Crippen molar-refractivity contribution in [3.63, 3.8) is 0 Å². The second-order valence-electron chi connectivity index (χ2n) is 3.53. The Bertz CT molecular complexity index is 313. The molecule has 5 nitrogen and oxygen atoms in total. The van der Waals surface area contributed by atoms with Gasteiger partial charge in [0.1, 0.15) is 5.78 Å². The zero-order valence-electron chi connectivity index (χ0n) is 8.56. The van der Waals surface area contributed by atoms with E-state index in [-0.39, 0.29) is 5.78 Å². The van der Waals surface area contributed by atoms with Crippen molar-refractivity contribution < 1.29 is 13.2 Å². The molecule has 1 aliphatic rings. The van der Waals surface area contributed by atoms with Crippen LogP contribution in [0.25, 0.3) is 0 Å². The number of rotatable bonds is 3. The van der Waals surface area contributed by atoms with E-state index in [9.17, 15) is 13.2 Å². The molecular weight excluding hydrogens is 204 g/mol. The molecule has 1 fully saturated rings. The predicted octanol–water partition coefficient (Wildman–Crippen LogP) is -0.152. The molecule has 1 saturated heterocycles. The Morgan fingerprint density at radius 2 is 2.00 bits per heavy atom. The molecule has 0 atom stereocenters. The summed E-state index contributed by atoms with van der Waals surface area (Å²) in [7, 11) is -1.72. The number of hydrogen-bond donors (Lipinski definition) is 0. The molecule has 0 spiro atoms. The summed E-state index contributed by atoms with van der Waals surface area (Å²) < 4.78 is 26.0. The van der Waals surface area contributed by atoms with Crippen LogP contribution in [0.5, 0.6) is 0 Å². The minimum absolute atomic E-state index is 0.0217. The normalized spacial score (nSPS) is 23.6. The lowest BCUT2D eigenvalue weighted by molar-refractivity contribution is -0.117. The van der Waals surface area contributed by atoms with Crippen LogP contribution < -0.4 is 0 Å². The third-order valence-corrected chi connectivity index (χ3v) is 4.30. The summed E-state index contributed by atoms with van der Waals surface area (Å²) in [4.78, 5) is 10.7. The summed E-state index contributed by atoms with van der Waals surface area (Å²) >= 11 is 0. The average molecular weight is 220 g/mol. The fourth-order valence-electron chi connectivity index (χ4n) is 1.41. The van der Waals surface area contributed by atoms with Gasteiger partial charge in [-0.05, 0) is 13.3 Å². The van der Waals surface area contributed by atoms with Crippen molar-refractivity contribution in [1.29, 1.82) is 0 Å². The minimum Gasteiger partial charge on any atom is -0.300 e. The Labute approximate surface area is 84.9 Å². The van der Waals surface area contributed by atoms with Crippen molar-refractivity contribution in [2.45, 2.75) is 19.8 Å². The minimum atomic E-state index is -3.28. The molecule has 0 N–H and O–H groups in total. The Morgan fingerprint density at radius 1 is 1.36 bits per heavy atom. The number of Topliss-reactive ketones (excluding diaryl/α,β-unsaturated/α-hetero) is 1. The molecular formula is C8H16N2O3S. The standard InChI is InChI=1S/C8H16N2O3S/c1-8(11)4-7-10-6-3-5-9(2)14(10,12)13/h3-7H2,1-2H3. The molecule has 6 heteroatoms. The van der Waals surface area contributed by atoms with Crippen molar-refractivity contribution in [1.82, 2.24) is 8.61 Å². The van der Waals surface area contributed by atoms with Crippen LogP contribution in [0.15, 0.2) is 0 Å². The van der Waals surface area contributed by atoms with Crippen LogP contribution in [0.4, 0.5) is 0 Å². The van der Waals surface area contributed by atoms with E-state index in [2.05, 4.69) is 0 Å². The lowest BCUT2D eigenvalue weighted by Gasteiger charge is -2.32. The second kappa shape index (κ2) is 4.37. The number of carbonyl (C=O) groups excluding carboxylic acids is 1. The number of carbonyl (C=O) groups is 1. The maximum atomic E-state index is 11.7. The summed E-state index contributed by atoms with van der Waals surface area (Å²) in [5.74, 6) is 0.0217. The van der Waals surface area contributed by atoms with Gasteiger partial charge in [0.05, 0.1) is 0 Å². The van der Waals surface area contributed by atoms with E-state index in [0.29, 0.717) is 26.1 Å². The smallest absolute Gasteiger partial charge is 0.281 e. The monoisotopic (exact) mass is 220 g/mol. The van der Waals surface area contributed by atoms with Crippen LogP contribution in [0.3, 0.4) is 0 Å². The van der Waals surface area contributed by atoms with Gasteiger partial charge in [-0.2, -0.15) is 17.0 Å². The Balaban J connectivity index is 2.63.